The van der Waals surface area contributed by atoms with Crippen LogP contribution < -0.4 is 11.1 Å². The fourth-order valence-corrected chi connectivity index (χ4v) is 4.37. The first-order chi connectivity index (χ1) is 13.1. The van der Waals surface area contributed by atoms with Gasteiger partial charge in [-0.05, 0) is 55.2 Å². The predicted molar refractivity (Wildman–Crippen MR) is 110 cm³/mol. The molecule has 0 aliphatic heterocycles. The zero-order valence-corrected chi connectivity index (χ0v) is 16.1. The summed E-state index contributed by atoms with van der Waals surface area (Å²) in [6, 6.07) is 14.4. The lowest BCUT2D eigenvalue weighted by atomic mass is 9.79. The average molecular weight is 367 g/mol. The summed E-state index contributed by atoms with van der Waals surface area (Å²) in [6.07, 6.45) is 7.47. The van der Waals surface area contributed by atoms with Gasteiger partial charge in [0.25, 0.3) is 0 Å². The summed E-state index contributed by atoms with van der Waals surface area (Å²) >= 11 is 0. The van der Waals surface area contributed by atoms with E-state index in [2.05, 4.69) is 41.1 Å². The van der Waals surface area contributed by atoms with Gasteiger partial charge in [0.15, 0.2) is 5.96 Å². The molecule has 1 saturated carbocycles. The Kier molecular flexibility index (Phi) is 6.32. The first kappa shape index (κ1) is 19.2. The molecule has 5 nitrogen and oxygen atoms in total. The highest BCUT2D eigenvalue weighted by Gasteiger charge is 2.25. The van der Waals surface area contributed by atoms with Gasteiger partial charge < -0.3 is 10.3 Å². The lowest BCUT2D eigenvalue weighted by Crippen LogP contribution is -2.38. The second kappa shape index (κ2) is 8.89. The number of hydrogen-bond donors (Lipinski definition) is 3. The van der Waals surface area contributed by atoms with E-state index in [1.165, 1.54) is 44.2 Å². The van der Waals surface area contributed by atoms with Gasteiger partial charge in [-0.1, -0.05) is 50.1 Å². The Morgan fingerprint density at radius 2 is 1.85 bits per heavy atom. The summed E-state index contributed by atoms with van der Waals surface area (Å²) in [4.78, 5) is 12.3. The molecule has 1 amide bonds. The SMILES string of the molecule is CCCC1CCC(c2ccc(-c3ccccc3)n2CC(=O)NC(=N)N)CC1. The van der Waals surface area contributed by atoms with Gasteiger partial charge in [0, 0.05) is 11.4 Å². The summed E-state index contributed by atoms with van der Waals surface area (Å²) in [7, 11) is 0. The van der Waals surface area contributed by atoms with Crippen molar-refractivity contribution < 1.29 is 4.79 Å². The molecule has 1 aromatic heterocycles. The number of hydrogen-bond acceptors (Lipinski definition) is 2. The maximum atomic E-state index is 12.3. The Morgan fingerprint density at radius 3 is 2.48 bits per heavy atom. The number of aromatic nitrogens is 1. The normalized spacial score (nSPS) is 19.6. The Morgan fingerprint density at radius 1 is 1.15 bits per heavy atom. The molecule has 144 valence electrons. The molecular weight excluding hydrogens is 336 g/mol. The minimum atomic E-state index is -0.310. The fraction of sp³-hybridized carbons (Fsp3) is 0.455. The monoisotopic (exact) mass is 366 g/mol. The fourth-order valence-electron chi connectivity index (χ4n) is 4.37. The van der Waals surface area contributed by atoms with Gasteiger partial charge in [0.05, 0.1) is 0 Å². The van der Waals surface area contributed by atoms with Crippen LogP contribution in [0.5, 0.6) is 0 Å². The molecule has 5 heteroatoms. The smallest absolute Gasteiger partial charge is 0.246 e. The van der Waals surface area contributed by atoms with Crippen LogP contribution in [0.15, 0.2) is 42.5 Å². The van der Waals surface area contributed by atoms with Gasteiger partial charge in [-0.2, -0.15) is 0 Å². The molecule has 1 aliphatic carbocycles. The number of nitrogens with two attached hydrogens (primary N) is 1. The minimum absolute atomic E-state index is 0.182. The summed E-state index contributed by atoms with van der Waals surface area (Å²) < 4.78 is 2.11. The lowest BCUT2D eigenvalue weighted by Gasteiger charge is -2.29. The first-order valence-corrected chi connectivity index (χ1v) is 9.97. The molecule has 0 bridgehead atoms. The number of benzene rings is 1. The highest BCUT2D eigenvalue weighted by molar-refractivity contribution is 5.94. The third kappa shape index (κ3) is 4.79. The number of amides is 1. The van der Waals surface area contributed by atoms with Crippen LogP contribution in [-0.2, 0) is 11.3 Å². The van der Waals surface area contributed by atoms with E-state index in [4.69, 9.17) is 11.1 Å². The summed E-state index contributed by atoms with van der Waals surface area (Å²) in [5.41, 5.74) is 8.70. The zero-order valence-electron chi connectivity index (χ0n) is 16.1. The van der Waals surface area contributed by atoms with Crippen molar-refractivity contribution in [1.29, 1.82) is 5.41 Å². The third-order valence-corrected chi connectivity index (χ3v) is 5.62. The molecule has 0 spiro atoms. The highest BCUT2D eigenvalue weighted by Crippen LogP contribution is 2.39. The van der Waals surface area contributed by atoms with Gasteiger partial charge in [-0.25, -0.2) is 0 Å². The van der Waals surface area contributed by atoms with Crippen LogP contribution in [-0.4, -0.2) is 16.4 Å². The molecule has 0 unspecified atom stereocenters. The van der Waals surface area contributed by atoms with Gasteiger partial charge in [-0.3, -0.25) is 15.5 Å². The molecule has 1 aromatic carbocycles. The topological polar surface area (TPSA) is 83.9 Å². The summed E-state index contributed by atoms with van der Waals surface area (Å²) in [5, 5.41) is 9.73. The van der Waals surface area contributed by atoms with Crippen molar-refractivity contribution in [2.45, 2.75) is 57.9 Å². The maximum Gasteiger partial charge on any atom is 0.246 e. The van der Waals surface area contributed by atoms with E-state index < -0.39 is 0 Å². The standard InChI is InChI=1S/C22H30N4O/c1-2-6-16-9-11-18(12-10-16)20-14-13-19(17-7-4-3-5-8-17)26(20)15-21(27)25-22(23)24/h3-5,7-8,13-14,16,18H,2,6,9-12,15H2,1H3,(H4,23,24,25,27). The van der Waals surface area contributed by atoms with Crippen molar-refractivity contribution in [1.82, 2.24) is 9.88 Å². The van der Waals surface area contributed by atoms with Crippen LogP contribution in [0.3, 0.4) is 0 Å². The second-order valence-corrected chi connectivity index (χ2v) is 7.56. The van der Waals surface area contributed by atoms with Gasteiger partial charge >= 0.3 is 0 Å². The predicted octanol–water partition coefficient (Wildman–Crippen LogP) is 4.24. The van der Waals surface area contributed by atoms with E-state index in [0.717, 1.165) is 17.2 Å². The number of nitrogens with zero attached hydrogens (tertiary/aromatic N) is 1. The highest BCUT2D eigenvalue weighted by atomic mass is 16.2. The number of carbonyl (C=O) groups is 1. The van der Waals surface area contributed by atoms with E-state index >= 15 is 0 Å². The van der Waals surface area contributed by atoms with E-state index in [0.29, 0.717) is 5.92 Å². The third-order valence-electron chi connectivity index (χ3n) is 5.62. The van der Waals surface area contributed by atoms with Crippen LogP contribution in [0.25, 0.3) is 11.3 Å². The van der Waals surface area contributed by atoms with Crippen LogP contribution in [0.4, 0.5) is 0 Å². The Labute approximate surface area is 161 Å². The minimum Gasteiger partial charge on any atom is -0.370 e. The van der Waals surface area contributed by atoms with Gasteiger partial charge in [0.1, 0.15) is 6.54 Å². The maximum absolute atomic E-state index is 12.3. The van der Waals surface area contributed by atoms with Crippen molar-refractivity contribution >= 4 is 11.9 Å². The molecule has 2 aromatic rings. The number of carbonyl (C=O) groups excluding carboxylic acids is 1. The lowest BCUT2D eigenvalue weighted by molar-refractivity contribution is -0.120. The van der Waals surface area contributed by atoms with Gasteiger partial charge in [-0.15, -0.1) is 0 Å². The molecule has 0 saturated heterocycles. The quantitative estimate of drug-likeness (QED) is 0.528. The largest absolute Gasteiger partial charge is 0.370 e. The molecule has 4 N–H and O–H groups in total. The Hall–Kier alpha value is -2.56. The second-order valence-electron chi connectivity index (χ2n) is 7.56. The molecule has 0 atom stereocenters. The Balaban J connectivity index is 1.86. The van der Waals surface area contributed by atoms with Crippen molar-refractivity contribution in [3.05, 3.63) is 48.2 Å². The van der Waals surface area contributed by atoms with Crippen molar-refractivity contribution in [2.24, 2.45) is 11.7 Å². The van der Waals surface area contributed by atoms with Crippen molar-refractivity contribution in [2.75, 3.05) is 0 Å². The average Bonchev–Trinajstić information content (AvgIpc) is 3.06. The zero-order chi connectivity index (χ0) is 19.2. The molecule has 1 heterocycles. The van der Waals surface area contributed by atoms with Crippen LogP contribution in [0.2, 0.25) is 0 Å². The van der Waals surface area contributed by atoms with Crippen molar-refractivity contribution in [3.63, 3.8) is 0 Å². The Bertz CT molecular complexity index is 773. The van der Waals surface area contributed by atoms with E-state index in [-0.39, 0.29) is 18.4 Å². The van der Waals surface area contributed by atoms with Crippen LogP contribution in [0.1, 0.15) is 57.1 Å². The molecular formula is C22H30N4O. The van der Waals surface area contributed by atoms with Gasteiger partial charge in [0.2, 0.25) is 5.91 Å². The summed E-state index contributed by atoms with van der Waals surface area (Å²) in [5.74, 6) is 0.775. The van der Waals surface area contributed by atoms with Crippen LogP contribution >= 0.6 is 0 Å². The molecule has 0 radical (unpaired) electrons. The molecule has 27 heavy (non-hydrogen) atoms. The van der Waals surface area contributed by atoms with E-state index in [9.17, 15) is 4.79 Å². The van der Waals surface area contributed by atoms with E-state index in [1.807, 2.05) is 18.2 Å². The van der Waals surface area contributed by atoms with E-state index in [1.54, 1.807) is 0 Å². The molecule has 3 rings (SSSR count). The number of rotatable bonds is 6. The number of guanidine groups is 1. The first-order valence-electron chi connectivity index (χ1n) is 9.97. The molecule has 1 fully saturated rings. The summed E-state index contributed by atoms with van der Waals surface area (Å²) in [6.45, 7) is 2.44. The molecule has 1 aliphatic rings. The van der Waals surface area contributed by atoms with Crippen LogP contribution in [0, 0.1) is 11.3 Å². The van der Waals surface area contributed by atoms with Crippen molar-refractivity contribution in [3.8, 4) is 11.3 Å². The number of nitrogens with one attached hydrogen (secondary N) is 2.